The number of methoxy groups -OCH3 is 1. The van der Waals surface area contributed by atoms with Gasteiger partial charge in [0.15, 0.2) is 0 Å². The largest absolute Gasteiger partial charge is 0.497 e. The van der Waals surface area contributed by atoms with Crippen molar-refractivity contribution in [2.75, 3.05) is 23.9 Å². The molecule has 1 aliphatic rings. The summed E-state index contributed by atoms with van der Waals surface area (Å²) in [6.45, 7) is 3.99. The third-order valence-electron chi connectivity index (χ3n) is 6.16. The molecule has 1 atom stereocenters. The maximum atomic E-state index is 13.5. The highest BCUT2D eigenvalue weighted by Crippen LogP contribution is 2.29. The number of rotatable bonds is 9. The molecule has 38 heavy (non-hydrogen) atoms. The second-order valence-electron chi connectivity index (χ2n) is 8.84. The molecule has 196 valence electrons. The summed E-state index contributed by atoms with van der Waals surface area (Å²) in [7, 11) is 1.56. The first-order valence-electron chi connectivity index (χ1n) is 12.2. The van der Waals surface area contributed by atoms with E-state index < -0.39 is 29.9 Å². The van der Waals surface area contributed by atoms with Crippen LogP contribution in [0.2, 0.25) is 0 Å². The zero-order valence-corrected chi connectivity index (χ0v) is 21.5. The van der Waals surface area contributed by atoms with Crippen LogP contribution in [0.25, 0.3) is 0 Å². The first-order chi connectivity index (χ1) is 18.3. The van der Waals surface area contributed by atoms with Crippen LogP contribution in [0.4, 0.5) is 16.2 Å². The minimum absolute atomic E-state index is 0.132. The Kier molecular flexibility index (Phi) is 8.06. The zero-order chi connectivity index (χ0) is 27.2. The van der Waals surface area contributed by atoms with Gasteiger partial charge in [-0.25, -0.2) is 14.5 Å². The van der Waals surface area contributed by atoms with Gasteiger partial charge < -0.3 is 19.7 Å². The molecule has 1 N–H and O–H groups in total. The van der Waals surface area contributed by atoms with Crippen LogP contribution in [0.1, 0.15) is 34.8 Å². The first-order valence-corrected chi connectivity index (χ1v) is 12.2. The van der Waals surface area contributed by atoms with Crippen molar-refractivity contribution < 1.29 is 28.7 Å². The normalized spacial score (nSPS) is 15.0. The van der Waals surface area contributed by atoms with E-state index in [0.717, 1.165) is 16.0 Å². The molecule has 0 aliphatic carbocycles. The summed E-state index contributed by atoms with van der Waals surface area (Å²) in [4.78, 5) is 54.6. The van der Waals surface area contributed by atoms with Crippen LogP contribution in [0.3, 0.4) is 0 Å². The molecular weight excluding hydrogens is 486 g/mol. The molecule has 0 spiro atoms. The van der Waals surface area contributed by atoms with Gasteiger partial charge in [-0.2, -0.15) is 0 Å². The topological polar surface area (TPSA) is 105 Å². The van der Waals surface area contributed by atoms with E-state index in [1.54, 1.807) is 56.5 Å². The number of hydrogen-bond acceptors (Lipinski definition) is 6. The molecule has 3 aromatic carbocycles. The smallest absolute Gasteiger partial charge is 0.338 e. The molecule has 0 saturated carbocycles. The number of nitrogens with zero attached hydrogens (tertiary/aromatic N) is 2. The fourth-order valence-electron chi connectivity index (χ4n) is 4.20. The van der Waals surface area contributed by atoms with Crippen LogP contribution in [0.5, 0.6) is 5.75 Å². The van der Waals surface area contributed by atoms with Crippen LogP contribution in [0.15, 0.2) is 72.8 Å². The number of aryl methyl sites for hydroxylation is 1. The van der Waals surface area contributed by atoms with Crippen molar-refractivity contribution >= 4 is 35.2 Å². The number of nitrogens with one attached hydrogen (secondary N) is 1. The number of ether oxygens (including phenoxy) is 2. The van der Waals surface area contributed by atoms with Crippen LogP contribution >= 0.6 is 0 Å². The van der Waals surface area contributed by atoms with Gasteiger partial charge in [0.2, 0.25) is 5.91 Å². The van der Waals surface area contributed by atoms with Crippen molar-refractivity contribution in [3.63, 3.8) is 0 Å². The highest BCUT2D eigenvalue weighted by Gasteiger charge is 2.46. The summed E-state index contributed by atoms with van der Waals surface area (Å²) in [6.07, 6.45) is -0.257. The van der Waals surface area contributed by atoms with Crippen LogP contribution in [0, 0.1) is 6.92 Å². The predicted molar refractivity (Wildman–Crippen MR) is 142 cm³/mol. The third-order valence-corrected chi connectivity index (χ3v) is 6.16. The summed E-state index contributed by atoms with van der Waals surface area (Å²) in [6, 6.07) is 19.1. The number of hydrogen-bond donors (Lipinski definition) is 1. The number of carbonyl (C=O) groups excluding carboxylic acids is 4. The van der Waals surface area contributed by atoms with Crippen molar-refractivity contribution in [2.24, 2.45) is 0 Å². The predicted octanol–water partition coefficient (Wildman–Crippen LogP) is 4.55. The van der Waals surface area contributed by atoms with Gasteiger partial charge in [0.25, 0.3) is 5.91 Å². The molecular formula is C29H29N3O6. The number of esters is 1. The Hall–Kier alpha value is -4.66. The van der Waals surface area contributed by atoms with Crippen LogP contribution in [-0.2, 0) is 20.9 Å². The lowest BCUT2D eigenvalue weighted by atomic mass is 10.1. The summed E-state index contributed by atoms with van der Waals surface area (Å²) in [5, 5.41) is 2.73. The molecule has 1 fully saturated rings. The molecule has 0 radical (unpaired) electrons. The minimum atomic E-state index is -1.01. The fourth-order valence-corrected chi connectivity index (χ4v) is 4.20. The van der Waals surface area contributed by atoms with Gasteiger partial charge in [-0.1, -0.05) is 35.9 Å². The highest BCUT2D eigenvalue weighted by molar-refractivity contribution is 6.22. The molecule has 1 heterocycles. The zero-order valence-electron chi connectivity index (χ0n) is 21.5. The molecule has 3 aromatic rings. The van der Waals surface area contributed by atoms with Gasteiger partial charge in [0, 0.05) is 12.2 Å². The monoisotopic (exact) mass is 515 g/mol. The van der Waals surface area contributed by atoms with Gasteiger partial charge in [0.05, 0.1) is 31.4 Å². The molecule has 9 nitrogen and oxygen atoms in total. The molecule has 1 aliphatic heterocycles. The number of amides is 4. The van der Waals surface area contributed by atoms with Crippen LogP contribution in [-0.4, -0.2) is 48.5 Å². The van der Waals surface area contributed by atoms with Gasteiger partial charge in [-0.3, -0.25) is 9.59 Å². The molecule has 9 heteroatoms. The Morgan fingerprint density at radius 3 is 2.34 bits per heavy atom. The summed E-state index contributed by atoms with van der Waals surface area (Å²) < 4.78 is 10.2. The summed E-state index contributed by atoms with van der Waals surface area (Å²) >= 11 is 0. The Morgan fingerprint density at radius 1 is 0.974 bits per heavy atom. The van der Waals surface area contributed by atoms with E-state index >= 15 is 0 Å². The lowest BCUT2D eigenvalue weighted by Crippen LogP contribution is -2.37. The lowest BCUT2D eigenvalue weighted by Gasteiger charge is -2.22. The third kappa shape index (κ3) is 5.83. The molecule has 0 bridgehead atoms. The van der Waals surface area contributed by atoms with E-state index in [0.29, 0.717) is 22.7 Å². The number of anilines is 2. The van der Waals surface area contributed by atoms with Crippen molar-refractivity contribution in [1.82, 2.24) is 4.90 Å². The van der Waals surface area contributed by atoms with Crippen molar-refractivity contribution in [1.29, 1.82) is 0 Å². The Labute approximate surface area is 220 Å². The SMILES string of the molecule is CCOC(=O)c1cccc(NC(=O)C[C@H]2C(=O)N(c3ccc(C)cc3)C(=O)N2Cc2ccc(OC)cc2)c1. The average molecular weight is 516 g/mol. The van der Waals surface area contributed by atoms with E-state index in [-0.39, 0.29) is 19.6 Å². The van der Waals surface area contributed by atoms with E-state index in [1.807, 2.05) is 31.2 Å². The average Bonchev–Trinajstić information content (AvgIpc) is 3.13. The molecule has 1 saturated heterocycles. The number of urea groups is 1. The van der Waals surface area contributed by atoms with Crippen molar-refractivity contribution in [2.45, 2.75) is 32.9 Å². The Balaban J connectivity index is 1.57. The van der Waals surface area contributed by atoms with Gasteiger partial charge in [0.1, 0.15) is 11.8 Å². The van der Waals surface area contributed by atoms with Gasteiger partial charge in [-0.05, 0) is 61.9 Å². The van der Waals surface area contributed by atoms with E-state index in [1.165, 1.54) is 11.0 Å². The maximum absolute atomic E-state index is 13.5. The molecule has 4 rings (SSSR count). The highest BCUT2D eigenvalue weighted by atomic mass is 16.5. The van der Waals surface area contributed by atoms with E-state index in [4.69, 9.17) is 9.47 Å². The first kappa shape index (κ1) is 26.4. The standard InChI is InChI=1S/C29H29N3O6/c1-4-38-28(35)21-6-5-7-22(16-21)30-26(33)17-25-27(34)32(23-12-8-19(2)9-13-23)29(36)31(25)18-20-10-14-24(37-3)15-11-20/h5-16,25H,4,17-18H2,1-3H3,(H,30,33)/t25-/m0/s1. The van der Waals surface area contributed by atoms with E-state index in [9.17, 15) is 19.2 Å². The van der Waals surface area contributed by atoms with Gasteiger partial charge in [-0.15, -0.1) is 0 Å². The second kappa shape index (κ2) is 11.6. The van der Waals surface area contributed by atoms with E-state index in [2.05, 4.69) is 5.32 Å². The minimum Gasteiger partial charge on any atom is -0.497 e. The lowest BCUT2D eigenvalue weighted by molar-refractivity contribution is -0.124. The van der Waals surface area contributed by atoms with Crippen LogP contribution < -0.4 is 15.0 Å². The number of benzene rings is 3. The quantitative estimate of drug-likeness (QED) is 0.331. The van der Waals surface area contributed by atoms with Crippen molar-refractivity contribution in [3.8, 4) is 5.75 Å². The maximum Gasteiger partial charge on any atom is 0.338 e. The summed E-state index contributed by atoms with van der Waals surface area (Å²) in [5.74, 6) is -0.787. The van der Waals surface area contributed by atoms with Crippen molar-refractivity contribution in [3.05, 3.63) is 89.5 Å². The second-order valence-corrected chi connectivity index (χ2v) is 8.84. The molecule has 4 amide bonds. The Morgan fingerprint density at radius 2 is 1.68 bits per heavy atom. The fraction of sp³-hybridized carbons (Fsp3) is 0.241. The summed E-state index contributed by atoms with van der Waals surface area (Å²) in [5.41, 5.74) is 2.89. The molecule has 0 aromatic heterocycles. The number of imide groups is 1. The van der Waals surface area contributed by atoms with Gasteiger partial charge >= 0.3 is 12.0 Å². The molecule has 0 unspecified atom stereocenters. The Bertz CT molecular complexity index is 1340. The number of carbonyl (C=O) groups is 4.